The Hall–Kier alpha value is -0.570. The van der Waals surface area contributed by atoms with Crippen molar-refractivity contribution in [2.45, 2.75) is 58.0 Å². The first kappa shape index (κ1) is 11.5. The molecule has 1 rings (SSSR count). The topological polar surface area (TPSA) is 59.7 Å². The Morgan fingerprint density at radius 2 is 1.71 bits per heavy atom. The van der Waals surface area contributed by atoms with Crippen LogP contribution >= 0.6 is 0 Å². The van der Waals surface area contributed by atoms with E-state index in [4.69, 9.17) is 5.73 Å². The van der Waals surface area contributed by atoms with Gasteiger partial charge in [-0.1, -0.05) is 0 Å². The number of quaternary nitrogens is 1. The minimum absolute atomic E-state index is 0.163. The Balaban J connectivity index is 2.66. The van der Waals surface area contributed by atoms with E-state index in [9.17, 15) is 4.79 Å². The number of piperidine rings is 1. The molecule has 1 heterocycles. The summed E-state index contributed by atoms with van der Waals surface area (Å²) in [6.07, 6.45) is 2.71. The van der Waals surface area contributed by atoms with Gasteiger partial charge < -0.3 is 11.1 Å². The van der Waals surface area contributed by atoms with Crippen molar-refractivity contribution in [1.29, 1.82) is 0 Å². The maximum atomic E-state index is 10.9. The van der Waals surface area contributed by atoms with E-state index in [2.05, 4.69) is 33.0 Å². The third kappa shape index (κ3) is 3.29. The Kier molecular flexibility index (Phi) is 2.91. The van der Waals surface area contributed by atoms with Crippen LogP contribution in [0.5, 0.6) is 0 Å². The monoisotopic (exact) mass is 199 g/mol. The van der Waals surface area contributed by atoms with Gasteiger partial charge in [-0.3, -0.25) is 4.79 Å². The van der Waals surface area contributed by atoms with E-state index in [0.717, 1.165) is 12.8 Å². The average molecular weight is 199 g/mol. The van der Waals surface area contributed by atoms with Crippen molar-refractivity contribution in [2.24, 2.45) is 11.7 Å². The molecule has 82 valence electrons. The van der Waals surface area contributed by atoms with Crippen molar-refractivity contribution in [2.75, 3.05) is 0 Å². The van der Waals surface area contributed by atoms with Crippen LogP contribution < -0.4 is 11.1 Å². The Morgan fingerprint density at radius 1 is 1.29 bits per heavy atom. The van der Waals surface area contributed by atoms with Crippen LogP contribution in [0.25, 0.3) is 0 Å². The third-order valence-electron chi connectivity index (χ3n) is 2.90. The van der Waals surface area contributed by atoms with Gasteiger partial charge in [0.15, 0.2) is 0 Å². The summed E-state index contributed by atoms with van der Waals surface area (Å²) in [5, 5.41) is 2.41. The van der Waals surface area contributed by atoms with Gasteiger partial charge in [0.1, 0.15) is 0 Å². The molecular weight excluding hydrogens is 176 g/mol. The van der Waals surface area contributed by atoms with Crippen LogP contribution in [0.4, 0.5) is 0 Å². The molecule has 0 saturated carbocycles. The van der Waals surface area contributed by atoms with E-state index in [0.29, 0.717) is 12.3 Å². The average Bonchev–Trinajstić information content (AvgIpc) is 1.74. The number of nitrogens with two attached hydrogens (primary N) is 2. The zero-order valence-electron chi connectivity index (χ0n) is 9.76. The molecule has 0 aromatic rings. The van der Waals surface area contributed by atoms with E-state index < -0.39 is 0 Å². The number of hydrogen-bond donors (Lipinski definition) is 2. The highest BCUT2D eigenvalue weighted by atomic mass is 16.1. The fraction of sp³-hybridized carbons (Fsp3) is 0.909. The van der Waals surface area contributed by atoms with Gasteiger partial charge in [-0.15, -0.1) is 0 Å². The molecular formula is C11H23N2O+. The molecule has 1 saturated heterocycles. The van der Waals surface area contributed by atoms with Gasteiger partial charge in [0, 0.05) is 19.3 Å². The molecule has 1 fully saturated rings. The Labute approximate surface area is 86.4 Å². The molecule has 1 aliphatic heterocycles. The summed E-state index contributed by atoms with van der Waals surface area (Å²) in [7, 11) is 0. The summed E-state index contributed by atoms with van der Waals surface area (Å²) in [5.41, 5.74) is 5.73. The second-order valence-corrected chi connectivity index (χ2v) is 6.07. The molecule has 0 bridgehead atoms. The van der Waals surface area contributed by atoms with Crippen LogP contribution in [0.15, 0.2) is 0 Å². The van der Waals surface area contributed by atoms with E-state index in [1.165, 1.54) is 0 Å². The minimum atomic E-state index is -0.163. The number of rotatable bonds is 2. The van der Waals surface area contributed by atoms with Crippen molar-refractivity contribution in [1.82, 2.24) is 0 Å². The lowest BCUT2D eigenvalue weighted by atomic mass is 9.74. The molecule has 1 amide bonds. The van der Waals surface area contributed by atoms with Crippen LogP contribution in [0.3, 0.4) is 0 Å². The van der Waals surface area contributed by atoms with Crippen LogP contribution in [-0.4, -0.2) is 17.0 Å². The van der Waals surface area contributed by atoms with Gasteiger partial charge in [0.25, 0.3) is 0 Å². The van der Waals surface area contributed by atoms with Gasteiger partial charge in [-0.25, -0.2) is 0 Å². The van der Waals surface area contributed by atoms with Gasteiger partial charge in [0.2, 0.25) is 5.91 Å². The van der Waals surface area contributed by atoms with Crippen molar-refractivity contribution in [3.63, 3.8) is 0 Å². The Bertz CT molecular complexity index is 217. The van der Waals surface area contributed by atoms with E-state index in [1.54, 1.807) is 0 Å². The van der Waals surface area contributed by atoms with E-state index >= 15 is 0 Å². The van der Waals surface area contributed by atoms with Crippen molar-refractivity contribution < 1.29 is 10.1 Å². The molecule has 1 aliphatic rings. The van der Waals surface area contributed by atoms with Crippen LogP contribution in [0.1, 0.15) is 47.0 Å². The van der Waals surface area contributed by atoms with Crippen LogP contribution in [0.2, 0.25) is 0 Å². The molecule has 0 unspecified atom stereocenters. The lowest BCUT2D eigenvalue weighted by molar-refractivity contribution is -0.789. The standard InChI is InChI=1S/C11H22N2O/c1-10(2)6-8(5-9(12)14)7-11(3,4)13-10/h8,13H,5-7H2,1-4H3,(H2,12,14)/p+1. The number of hydrogen-bond acceptors (Lipinski definition) is 1. The lowest BCUT2D eigenvalue weighted by Crippen LogP contribution is -3.05. The molecule has 3 heteroatoms. The molecule has 0 atom stereocenters. The largest absolute Gasteiger partial charge is 0.370 e. The molecule has 14 heavy (non-hydrogen) atoms. The highest BCUT2D eigenvalue weighted by Gasteiger charge is 2.41. The zero-order chi connectivity index (χ0) is 11.0. The summed E-state index contributed by atoms with van der Waals surface area (Å²) in [6.45, 7) is 8.95. The first-order valence-electron chi connectivity index (χ1n) is 5.36. The summed E-state index contributed by atoms with van der Waals surface area (Å²) >= 11 is 0. The van der Waals surface area contributed by atoms with Crippen LogP contribution in [0, 0.1) is 5.92 Å². The summed E-state index contributed by atoms with van der Waals surface area (Å²) in [6, 6.07) is 0. The maximum Gasteiger partial charge on any atom is 0.217 e. The molecule has 4 N–H and O–H groups in total. The molecule has 3 nitrogen and oxygen atoms in total. The predicted molar refractivity (Wildman–Crippen MR) is 56.6 cm³/mol. The van der Waals surface area contributed by atoms with Gasteiger partial charge >= 0.3 is 0 Å². The SMILES string of the molecule is CC1(C)CC(CC(N)=O)CC(C)(C)[NH2+]1. The van der Waals surface area contributed by atoms with E-state index in [1.807, 2.05) is 0 Å². The van der Waals surface area contributed by atoms with Crippen molar-refractivity contribution in [3.05, 3.63) is 0 Å². The fourth-order valence-corrected chi connectivity index (χ4v) is 3.16. The second kappa shape index (κ2) is 3.54. The quantitative estimate of drug-likeness (QED) is 0.664. The highest BCUT2D eigenvalue weighted by molar-refractivity contribution is 5.74. The molecule has 0 aliphatic carbocycles. The summed E-state index contributed by atoms with van der Waals surface area (Å²) < 4.78 is 0. The summed E-state index contributed by atoms with van der Waals surface area (Å²) in [4.78, 5) is 10.9. The fourth-order valence-electron chi connectivity index (χ4n) is 3.16. The van der Waals surface area contributed by atoms with Gasteiger partial charge in [-0.05, 0) is 33.6 Å². The van der Waals surface area contributed by atoms with Gasteiger partial charge in [-0.2, -0.15) is 0 Å². The number of primary amides is 1. The van der Waals surface area contributed by atoms with E-state index in [-0.39, 0.29) is 17.0 Å². The van der Waals surface area contributed by atoms with Gasteiger partial charge in [0.05, 0.1) is 11.1 Å². The molecule has 0 radical (unpaired) electrons. The molecule has 0 aromatic heterocycles. The first-order chi connectivity index (χ1) is 6.20. The van der Waals surface area contributed by atoms with Crippen molar-refractivity contribution in [3.8, 4) is 0 Å². The number of amides is 1. The second-order valence-electron chi connectivity index (χ2n) is 6.07. The summed E-state index contributed by atoms with van der Waals surface area (Å²) in [5.74, 6) is 0.297. The number of carbonyl (C=O) groups excluding carboxylic acids is 1. The highest BCUT2D eigenvalue weighted by Crippen LogP contribution is 2.28. The lowest BCUT2D eigenvalue weighted by Gasteiger charge is -2.42. The zero-order valence-corrected chi connectivity index (χ0v) is 9.76. The Morgan fingerprint density at radius 3 is 2.07 bits per heavy atom. The smallest absolute Gasteiger partial charge is 0.217 e. The molecule has 0 spiro atoms. The predicted octanol–water partition coefficient (Wildman–Crippen LogP) is 0.392. The maximum absolute atomic E-state index is 10.9. The first-order valence-corrected chi connectivity index (χ1v) is 5.36. The normalized spacial score (nSPS) is 26.0. The van der Waals surface area contributed by atoms with Crippen molar-refractivity contribution >= 4 is 5.91 Å². The third-order valence-corrected chi connectivity index (χ3v) is 2.90. The minimum Gasteiger partial charge on any atom is -0.370 e. The molecule has 0 aromatic carbocycles. The van der Waals surface area contributed by atoms with Crippen LogP contribution in [-0.2, 0) is 4.79 Å². The number of carbonyl (C=O) groups is 1.